The number of ether oxygens (including phenoxy) is 1. The molecule has 1 aromatic heterocycles. The first-order chi connectivity index (χ1) is 12.1. The van der Waals surface area contributed by atoms with Gasteiger partial charge < -0.3 is 10.1 Å². The molecule has 7 heteroatoms. The van der Waals surface area contributed by atoms with Crippen molar-refractivity contribution in [1.29, 1.82) is 0 Å². The number of rotatable bonds is 5. The molecule has 25 heavy (non-hydrogen) atoms. The lowest BCUT2D eigenvalue weighted by atomic mass is 10.2. The summed E-state index contributed by atoms with van der Waals surface area (Å²) in [6.07, 6.45) is 1.67. The number of hydrogen-bond donors (Lipinski definition) is 2. The summed E-state index contributed by atoms with van der Waals surface area (Å²) in [5.41, 5.74) is 1.13. The Morgan fingerprint density at radius 2 is 2.00 bits per heavy atom. The SMILES string of the molecule is COc1cccc(NC(=O)Nc2ccn(Cc3ccccc3F)n2)c1. The number of hydrogen-bond acceptors (Lipinski definition) is 3. The maximum absolute atomic E-state index is 13.7. The highest BCUT2D eigenvalue weighted by Crippen LogP contribution is 2.17. The second kappa shape index (κ2) is 7.48. The fourth-order valence-corrected chi connectivity index (χ4v) is 2.30. The molecule has 0 saturated carbocycles. The number of methoxy groups -OCH3 is 1. The Labute approximate surface area is 144 Å². The molecule has 0 aliphatic heterocycles. The first-order valence-electron chi connectivity index (χ1n) is 7.63. The highest BCUT2D eigenvalue weighted by Gasteiger charge is 2.07. The first kappa shape index (κ1) is 16.5. The highest BCUT2D eigenvalue weighted by atomic mass is 19.1. The third-order valence-corrected chi connectivity index (χ3v) is 3.50. The van der Waals surface area contributed by atoms with Crippen LogP contribution in [-0.2, 0) is 6.54 Å². The van der Waals surface area contributed by atoms with Gasteiger partial charge in [0, 0.05) is 29.6 Å². The van der Waals surface area contributed by atoms with E-state index in [2.05, 4.69) is 15.7 Å². The van der Waals surface area contributed by atoms with E-state index in [4.69, 9.17) is 4.74 Å². The number of nitrogens with zero attached hydrogens (tertiary/aromatic N) is 2. The van der Waals surface area contributed by atoms with Gasteiger partial charge in [-0.25, -0.2) is 9.18 Å². The first-order valence-corrected chi connectivity index (χ1v) is 7.63. The van der Waals surface area contributed by atoms with Crippen molar-refractivity contribution in [2.45, 2.75) is 6.54 Å². The van der Waals surface area contributed by atoms with Gasteiger partial charge in [-0.15, -0.1) is 0 Å². The fourth-order valence-electron chi connectivity index (χ4n) is 2.30. The van der Waals surface area contributed by atoms with Crippen LogP contribution in [0.1, 0.15) is 5.56 Å². The smallest absolute Gasteiger partial charge is 0.324 e. The van der Waals surface area contributed by atoms with Crippen LogP contribution in [0.5, 0.6) is 5.75 Å². The molecule has 0 aliphatic rings. The van der Waals surface area contributed by atoms with Crippen LogP contribution in [0, 0.1) is 5.82 Å². The molecular formula is C18H17FN4O2. The van der Waals surface area contributed by atoms with Gasteiger partial charge in [0.25, 0.3) is 0 Å². The van der Waals surface area contributed by atoms with Crippen molar-refractivity contribution in [3.05, 3.63) is 72.2 Å². The summed E-state index contributed by atoms with van der Waals surface area (Å²) in [5.74, 6) is 0.729. The Bertz CT molecular complexity index is 879. The average molecular weight is 340 g/mol. The van der Waals surface area contributed by atoms with E-state index < -0.39 is 6.03 Å². The normalized spacial score (nSPS) is 10.3. The van der Waals surface area contributed by atoms with Crippen molar-refractivity contribution in [2.24, 2.45) is 0 Å². The predicted molar refractivity (Wildman–Crippen MR) is 93.4 cm³/mol. The number of halogens is 1. The summed E-state index contributed by atoms with van der Waals surface area (Å²) < 4.78 is 20.3. The van der Waals surface area contributed by atoms with E-state index >= 15 is 0 Å². The summed E-state index contributed by atoms with van der Waals surface area (Å²) in [7, 11) is 1.56. The average Bonchev–Trinajstić information content (AvgIpc) is 3.04. The number of carbonyl (C=O) groups excluding carboxylic acids is 1. The van der Waals surface area contributed by atoms with Crippen LogP contribution >= 0.6 is 0 Å². The molecule has 0 saturated heterocycles. The minimum absolute atomic E-state index is 0.284. The lowest BCUT2D eigenvalue weighted by molar-refractivity contribution is 0.262. The lowest BCUT2D eigenvalue weighted by Gasteiger charge is -2.07. The molecule has 0 fully saturated rings. The molecule has 0 aliphatic carbocycles. The second-order valence-corrected chi connectivity index (χ2v) is 5.30. The molecule has 2 amide bonds. The maximum Gasteiger partial charge on any atom is 0.324 e. The standard InChI is InChI=1S/C18H17FN4O2/c1-25-15-7-4-6-14(11-15)20-18(24)21-17-9-10-23(22-17)12-13-5-2-3-8-16(13)19/h2-11H,12H2,1H3,(H2,20,21,22,24). The number of carbonyl (C=O) groups is 1. The van der Waals surface area contributed by atoms with Gasteiger partial charge in [-0.05, 0) is 18.2 Å². The van der Waals surface area contributed by atoms with E-state index in [1.54, 1.807) is 66.5 Å². The molecule has 3 rings (SSSR count). The van der Waals surface area contributed by atoms with Crippen molar-refractivity contribution in [2.75, 3.05) is 17.7 Å². The van der Waals surface area contributed by atoms with Gasteiger partial charge in [0.15, 0.2) is 5.82 Å². The Kier molecular flexibility index (Phi) is 4.94. The van der Waals surface area contributed by atoms with Crippen LogP contribution in [-0.4, -0.2) is 22.9 Å². The summed E-state index contributed by atoms with van der Waals surface area (Å²) in [6.45, 7) is 0.284. The van der Waals surface area contributed by atoms with Gasteiger partial charge in [0.1, 0.15) is 11.6 Å². The number of nitrogens with one attached hydrogen (secondary N) is 2. The van der Waals surface area contributed by atoms with E-state index in [1.807, 2.05) is 0 Å². The largest absolute Gasteiger partial charge is 0.497 e. The van der Waals surface area contributed by atoms with Gasteiger partial charge >= 0.3 is 6.03 Å². The highest BCUT2D eigenvalue weighted by molar-refractivity contribution is 5.99. The molecule has 0 bridgehead atoms. The third kappa shape index (κ3) is 4.35. The zero-order chi connectivity index (χ0) is 17.6. The Morgan fingerprint density at radius 3 is 2.80 bits per heavy atom. The van der Waals surface area contributed by atoms with Crippen LogP contribution in [0.4, 0.5) is 20.7 Å². The minimum Gasteiger partial charge on any atom is -0.497 e. The molecule has 0 spiro atoms. The minimum atomic E-state index is -0.426. The molecule has 0 radical (unpaired) electrons. The van der Waals surface area contributed by atoms with E-state index in [9.17, 15) is 9.18 Å². The van der Waals surface area contributed by atoms with E-state index in [1.165, 1.54) is 6.07 Å². The van der Waals surface area contributed by atoms with Gasteiger partial charge in [-0.1, -0.05) is 24.3 Å². The van der Waals surface area contributed by atoms with Crippen LogP contribution in [0.3, 0.4) is 0 Å². The number of benzene rings is 2. The molecular weight excluding hydrogens is 323 g/mol. The topological polar surface area (TPSA) is 68.2 Å². The molecule has 1 heterocycles. The van der Waals surface area contributed by atoms with Crippen molar-refractivity contribution in [3.63, 3.8) is 0 Å². The quantitative estimate of drug-likeness (QED) is 0.744. The molecule has 0 atom stereocenters. The summed E-state index contributed by atoms with van der Waals surface area (Å²) in [4.78, 5) is 12.0. The lowest BCUT2D eigenvalue weighted by Crippen LogP contribution is -2.20. The fraction of sp³-hybridized carbons (Fsp3) is 0.111. The number of anilines is 2. The van der Waals surface area contributed by atoms with E-state index in [0.717, 1.165) is 0 Å². The van der Waals surface area contributed by atoms with Crippen molar-refractivity contribution in [1.82, 2.24) is 9.78 Å². The molecule has 2 aromatic carbocycles. The van der Waals surface area contributed by atoms with Crippen molar-refractivity contribution >= 4 is 17.5 Å². The van der Waals surface area contributed by atoms with Crippen LogP contribution in [0.15, 0.2) is 60.8 Å². The zero-order valence-electron chi connectivity index (χ0n) is 13.6. The zero-order valence-corrected chi connectivity index (χ0v) is 13.6. The number of aromatic nitrogens is 2. The van der Waals surface area contributed by atoms with Crippen molar-refractivity contribution in [3.8, 4) is 5.75 Å². The summed E-state index contributed by atoms with van der Waals surface area (Å²) >= 11 is 0. The predicted octanol–water partition coefficient (Wildman–Crippen LogP) is 3.72. The number of amides is 2. The van der Waals surface area contributed by atoms with Crippen LogP contribution in [0.25, 0.3) is 0 Å². The summed E-state index contributed by atoms with van der Waals surface area (Å²) in [5, 5.41) is 9.54. The molecule has 128 valence electrons. The van der Waals surface area contributed by atoms with E-state index in [0.29, 0.717) is 22.8 Å². The van der Waals surface area contributed by atoms with Crippen LogP contribution < -0.4 is 15.4 Å². The van der Waals surface area contributed by atoms with Crippen LogP contribution in [0.2, 0.25) is 0 Å². The molecule has 0 unspecified atom stereocenters. The summed E-state index contributed by atoms with van der Waals surface area (Å²) in [6, 6.07) is 14.7. The maximum atomic E-state index is 13.7. The Hall–Kier alpha value is -3.35. The van der Waals surface area contributed by atoms with Gasteiger partial charge in [0.05, 0.1) is 13.7 Å². The van der Waals surface area contributed by atoms with Gasteiger partial charge in [-0.3, -0.25) is 10.00 Å². The third-order valence-electron chi connectivity index (χ3n) is 3.50. The van der Waals surface area contributed by atoms with Gasteiger partial charge in [-0.2, -0.15) is 5.10 Å². The van der Waals surface area contributed by atoms with Crippen molar-refractivity contribution < 1.29 is 13.9 Å². The Morgan fingerprint density at radius 1 is 1.16 bits per heavy atom. The molecule has 3 aromatic rings. The Balaban J connectivity index is 1.61. The van der Waals surface area contributed by atoms with E-state index in [-0.39, 0.29) is 12.4 Å². The molecule has 2 N–H and O–H groups in total. The monoisotopic (exact) mass is 340 g/mol. The number of urea groups is 1. The second-order valence-electron chi connectivity index (χ2n) is 5.30. The molecule has 6 nitrogen and oxygen atoms in total. The van der Waals surface area contributed by atoms with Gasteiger partial charge in [0.2, 0.25) is 0 Å².